The van der Waals surface area contributed by atoms with Crippen LogP contribution in [0.5, 0.6) is 0 Å². The molecule has 1 aliphatic rings. The molecular formula is C6H11O. The zero-order chi connectivity index (χ0) is 5.11. The molecule has 1 heteroatoms. The third-order valence-electron chi connectivity index (χ3n) is 1.43. The van der Waals surface area contributed by atoms with Crippen molar-refractivity contribution in [2.75, 3.05) is 13.2 Å². The second kappa shape index (κ2) is 2.31. The molecule has 0 spiro atoms. The Morgan fingerprint density at radius 2 is 2.57 bits per heavy atom. The fourth-order valence-corrected chi connectivity index (χ4v) is 0.811. The van der Waals surface area contributed by atoms with Crippen LogP contribution in [0.15, 0.2) is 0 Å². The molecule has 1 aliphatic heterocycles. The molecule has 1 radical (unpaired) electrons. The minimum Gasteiger partial charge on any atom is -0.381 e. The van der Waals surface area contributed by atoms with E-state index in [1.807, 2.05) is 0 Å². The van der Waals surface area contributed by atoms with Gasteiger partial charge in [-0.1, -0.05) is 6.92 Å². The van der Waals surface area contributed by atoms with E-state index >= 15 is 0 Å². The lowest BCUT2D eigenvalue weighted by Crippen LogP contribution is -1.94. The van der Waals surface area contributed by atoms with Crippen LogP contribution < -0.4 is 0 Å². The molecule has 0 aliphatic carbocycles. The minimum atomic E-state index is 0.764. The molecule has 1 atom stereocenters. The molecule has 0 amide bonds. The average molecular weight is 99.2 g/mol. The lowest BCUT2D eigenvalue weighted by Gasteiger charge is -1.97. The van der Waals surface area contributed by atoms with E-state index in [4.69, 9.17) is 4.74 Å². The zero-order valence-corrected chi connectivity index (χ0v) is 4.52. The molecule has 0 saturated carbocycles. The van der Waals surface area contributed by atoms with Crippen LogP contribution >= 0.6 is 0 Å². The molecule has 0 aromatic carbocycles. The summed E-state index contributed by atoms with van der Waals surface area (Å²) in [6.07, 6.45) is 2.27. The van der Waals surface area contributed by atoms with Gasteiger partial charge >= 0.3 is 0 Å². The van der Waals surface area contributed by atoms with E-state index in [9.17, 15) is 0 Å². The van der Waals surface area contributed by atoms with Gasteiger partial charge in [0.25, 0.3) is 0 Å². The Morgan fingerprint density at radius 1 is 1.71 bits per heavy atom. The SMILES string of the molecule is [CH2]C[C@@H]1CCOC1. The van der Waals surface area contributed by atoms with Gasteiger partial charge < -0.3 is 4.74 Å². The fraction of sp³-hybridized carbons (Fsp3) is 0.833. The predicted molar refractivity (Wildman–Crippen MR) is 28.9 cm³/mol. The van der Waals surface area contributed by atoms with E-state index in [2.05, 4.69) is 6.92 Å². The molecule has 0 unspecified atom stereocenters. The van der Waals surface area contributed by atoms with Gasteiger partial charge in [0.2, 0.25) is 0 Å². The van der Waals surface area contributed by atoms with E-state index in [-0.39, 0.29) is 0 Å². The maximum Gasteiger partial charge on any atom is 0.0495 e. The van der Waals surface area contributed by atoms with Gasteiger partial charge in [0.15, 0.2) is 0 Å². The average Bonchev–Trinajstić information content (AvgIpc) is 2.14. The van der Waals surface area contributed by atoms with E-state index in [0.29, 0.717) is 0 Å². The van der Waals surface area contributed by atoms with Crippen LogP contribution in [0.3, 0.4) is 0 Å². The summed E-state index contributed by atoms with van der Waals surface area (Å²) in [6.45, 7) is 5.69. The first-order valence-electron chi connectivity index (χ1n) is 2.80. The fourth-order valence-electron chi connectivity index (χ4n) is 0.811. The Kier molecular flexibility index (Phi) is 1.69. The molecule has 0 aromatic heterocycles. The van der Waals surface area contributed by atoms with Crippen molar-refractivity contribution in [1.82, 2.24) is 0 Å². The van der Waals surface area contributed by atoms with Crippen molar-refractivity contribution in [1.29, 1.82) is 0 Å². The second-order valence-electron chi connectivity index (χ2n) is 2.02. The van der Waals surface area contributed by atoms with Gasteiger partial charge in [-0.25, -0.2) is 0 Å². The highest BCUT2D eigenvalue weighted by atomic mass is 16.5. The summed E-state index contributed by atoms with van der Waals surface area (Å²) in [7, 11) is 0. The normalized spacial score (nSPS) is 31.3. The van der Waals surface area contributed by atoms with Gasteiger partial charge in [-0.15, -0.1) is 0 Å². The van der Waals surface area contributed by atoms with E-state index in [0.717, 1.165) is 25.6 Å². The van der Waals surface area contributed by atoms with E-state index < -0.39 is 0 Å². The first kappa shape index (κ1) is 5.10. The Hall–Kier alpha value is -0.0400. The molecule has 1 fully saturated rings. The summed E-state index contributed by atoms with van der Waals surface area (Å²) in [5.74, 6) is 0.764. The zero-order valence-electron chi connectivity index (χ0n) is 4.52. The molecule has 41 valence electrons. The van der Waals surface area contributed by atoms with Crippen LogP contribution in [0.4, 0.5) is 0 Å². The first-order chi connectivity index (χ1) is 3.43. The smallest absolute Gasteiger partial charge is 0.0495 e. The van der Waals surface area contributed by atoms with Crippen molar-refractivity contribution >= 4 is 0 Å². The Morgan fingerprint density at radius 3 is 2.86 bits per heavy atom. The van der Waals surface area contributed by atoms with Crippen molar-refractivity contribution in [3.8, 4) is 0 Å². The molecule has 0 N–H and O–H groups in total. The summed E-state index contributed by atoms with van der Waals surface area (Å²) in [5, 5.41) is 0. The van der Waals surface area contributed by atoms with Crippen molar-refractivity contribution in [3.63, 3.8) is 0 Å². The highest BCUT2D eigenvalue weighted by Crippen LogP contribution is 2.14. The van der Waals surface area contributed by atoms with Crippen molar-refractivity contribution in [2.45, 2.75) is 12.8 Å². The van der Waals surface area contributed by atoms with Gasteiger partial charge in [0.05, 0.1) is 0 Å². The molecule has 1 saturated heterocycles. The van der Waals surface area contributed by atoms with Crippen LogP contribution in [0.2, 0.25) is 0 Å². The summed E-state index contributed by atoms with van der Waals surface area (Å²) in [5.41, 5.74) is 0. The monoisotopic (exact) mass is 99.1 g/mol. The summed E-state index contributed by atoms with van der Waals surface area (Å²) >= 11 is 0. The van der Waals surface area contributed by atoms with Crippen LogP contribution in [0.1, 0.15) is 12.8 Å². The lowest BCUT2D eigenvalue weighted by atomic mass is 10.1. The minimum absolute atomic E-state index is 0.764. The van der Waals surface area contributed by atoms with Gasteiger partial charge in [-0.3, -0.25) is 0 Å². The third kappa shape index (κ3) is 1.16. The molecule has 1 heterocycles. The predicted octanol–water partition coefficient (Wildman–Crippen LogP) is 1.25. The summed E-state index contributed by atoms with van der Waals surface area (Å²) < 4.78 is 5.11. The van der Waals surface area contributed by atoms with Crippen LogP contribution in [0.25, 0.3) is 0 Å². The maximum atomic E-state index is 5.11. The Bertz CT molecular complexity index is 46.1. The molecule has 0 bridgehead atoms. The molecular weight excluding hydrogens is 88.1 g/mol. The molecule has 1 nitrogen and oxygen atoms in total. The van der Waals surface area contributed by atoms with Crippen LogP contribution in [0, 0.1) is 12.8 Å². The highest BCUT2D eigenvalue weighted by molar-refractivity contribution is 4.63. The third-order valence-corrected chi connectivity index (χ3v) is 1.43. The number of hydrogen-bond acceptors (Lipinski definition) is 1. The first-order valence-corrected chi connectivity index (χ1v) is 2.80. The van der Waals surface area contributed by atoms with Crippen LogP contribution in [-0.2, 0) is 4.74 Å². The number of rotatable bonds is 1. The quantitative estimate of drug-likeness (QED) is 0.480. The van der Waals surface area contributed by atoms with Crippen LogP contribution in [-0.4, -0.2) is 13.2 Å². The summed E-state index contributed by atoms with van der Waals surface area (Å²) in [6, 6.07) is 0. The number of ether oxygens (including phenoxy) is 1. The molecule has 7 heavy (non-hydrogen) atoms. The molecule has 0 aromatic rings. The Balaban J connectivity index is 2.14. The van der Waals surface area contributed by atoms with Crippen molar-refractivity contribution in [2.24, 2.45) is 5.92 Å². The van der Waals surface area contributed by atoms with E-state index in [1.165, 1.54) is 6.42 Å². The van der Waals surface area contributed by atoms with E-state index in [1.54, 1.807) is 0 Å². The molecule has 1 rings (SSSR count). The summed E-state index contributed by atoms with van der Waals surface area (Å²) in [4.78, 5) is 0. The number of hydrogen-bond donors (Lipinski definition) is 0. The largest absolute Gasteiger partial charge is 0.381 e. The van der Waals surface area contributed by atoms with Gasteiger partial charge in [-0.2, -0.15) is 0 Å². The topological polar surface area (TPSA) is 9.23 Å². The lowest BCUT2D eigenvalue weighted by molar-refractivity contribution is 0.186. The Labute approximate surface area is 44.7 Å². The van der Waals surface area contributed by atoms with Gasteiger partial charge in [-0.05, 0) is 18.8 Å². The van der Waals surface area contributed by atoms with Gasteiger partial charge in [0, 0.05) is 13.2 Å². The van der Waals surface area contributed by atoms with Gasteiger partial charge in [0.1, 0.15) is 0 Å². The standard InChI is InChI=1S/C6H11O/c1-2-6-3-4-7-5-6/h6H,1-5H2/t6-/m1/s1. The highest BCUT2D eigenvalue weighted by Gasteiger charge is 2.11. The maximum absolute atomic E-state index is 5.11. The second-order valence-corrected chi connectivity index (χ2v) is 2.02. The van der Waals surface area contributed by atoms with Crippen molar-refractivity contribution in [3.05, 3.63) is 6.92 Å². The van der Waals surface area contributed by atoms with Crippen molar-refractivity contribution < 1.29 is 4.74 Å².